The number of amides is 2. The summed E-state index contributed by atoms with van der Waals surface area (Å²) in [6, 6.07) is 0. The number of hydrogen-bond donors (Lipinski definition) is 0. The van der Waals surface area contributed by atoms with Gasteiger partial charge in [0.15, 0.2) is 0 Å². The zero-order valence-electron chi connectivity index (χ0n) is 8.83. The molecule has 0 saturated heterocycles. The largest absolute Gasteiger partial charge is 0.269 e. The van der Waals surface area contributed by atoms with Gasteiger partial charge in [-0.3, -0.25) is 9.59 Å². The van der Waals surface area contributed by atoms with Crippen molar-refractivity contribution in [1.82, 2.24) is 0 Å². The molecule has 0 fully saturated rings. The molecule has 0 unspecified atom stereocenters. The van der Waals surface area contributed by atoms with Crippen LogP contribution in [0.15, 0.2) is 12.2 Å². The van der Waals surface area contributed by atoms with Gasteiger partial charge in [0.1, 0.15) is 0 Å². The van der Waals surface area contributed by atoms with Gasteiger partial charge in [0.05, 0.1) is 5.69 Å². The van der Waals surface area contributed by atoms with Crippen molar-refractivity contribution >= 4 is 28.8 Å². The topological polar surface area (TPSA) is 37.4 Å². The van der Waals surface area contributed by atoms with E-state index >= 15 is 0 Å². The fourth-order valence-corrected chi connectivity index (χ4v) is 2.78. The Kier molecular flexibility index (Phi) is 2.23. The molecule has 3 nitrogen and oxygen atoms in total. The van der Waals surface area contributed by atoms with Crippen LogP contribution in [-0.4, -0.2) is 11.8 Å². The number of aryl methyl sites for hydroxylation is 2. The standard InChI is InChI=1S/C11H11NO2S/c1-6-7(2)15-8(3)11(6)12-9(13)4-5-10(12)14/h4-5H,1-3H3. The Labute approximate surface area is 92.0 Å². The lowest BCUT2D eigenvalue weighted by atomic mass is 10.2. The maximum absolute atomic E-state index is 11.5. The Bertz CT molecular complexity index is 467. The fraction of sp³-hybridized carbons (Fsp3) is 0.273. The lowest BCUT2D eigenvalue weighted by molar-refractivity contribution is -0.119. The minimum absolute atomic E-state index is 0.246. The Balaban J connectivity index is 2.55. The van der Waals surface area contributed by atoms with Gasteiger partial charge in [-0.05, 0) is 26.3 Å². The molecular formula is C11H11NO2S. The monoisotopic (exact) mass is 221 g/mol. The third-order valence-electron chi connectivity index (χ3n) is 2.56. The summed E-state index contributed by atoms with van der Waals surface area (Å²) in [6.45, 7) is 5.86. The van der Waals surface area contributed by atoms with Crippen molar-refractivity contribution in [2.75, 3.05) is 4.90 Å². The summed E-state index contributed by atoms with van der Waals surface area (Å²) in [7, 11) is 0. The first-order chi connectivity index (χ1) is 7.02. The van der Waals surface area contributed by atoms with Crippen molar-refractivity contribution in [2.24, 2.45) is 0 Å². The van der Waals surface area contributed by atoms with E-state index in [1.165, 1.54) is 17.1 Å². The molecule has 1 aromatic heterocycles. The van der Waals surface area contributed by atoms with Crippen LogP contribution in [-0.2, 0) is 9.59 Å². The number of carbonyl (C=O) groups is 2. The molecule has 1 aliphatic rings. The highest BCUT2D eigenvalue weighted by Gasteiger charge is 2.29. The SMILES string of the molecule is Cc1sc(C)c(N2C(=O)C=CC2=O)c1C. The quantitative estimate of drug-likeness (QED) is 0.681. The molecule has 0 bridgehead atoms. The molecule has 2 heterocycles. The molecule has 0 atom stereocenters. The highest BCUT2D eigenvalue weighted by Crippen LogP contribution is 2.35. The average Bonchev–Trinajstić information content (AvgIpc) is 2.59. The smallest absolute Gasteiger partial charge is 0.258 e. The van der Waals surface area contributed by atoms with Gasteiger partial charge in [0, 0.05) is 21.9 Å². The average molecular weight is 221 g/mol. The number of thiophene rings is 1. The third-order valence-corrected chi connectivity index (χ3v) is 3.67. The van der Waals surface area contributed by atoms with Crippen LogP contribution in [0.2, 0.25) is 0 Å². The van der Waals surface area contributed by atoms with Crippen molar-refractivity contribution in [3.63, 3.8) is 0 Å². The van der Waals surface area contributed by atoms with Crippen molar-refractivity contribution in [1.29, 1.82) is 0 Å². The van der Waals surface area contributed by atoms with Crippen molar-refractivity contribution < 1.29 is 9.59 Å². The Hall–Kier alpha value is -1.42. The summed E-state index contributed by atoms with van der Waals surface area (Å²) in [5.41, 5.74) is 1.78. The van der Waals surface area contributed by atoms with Gasteiger partial charge in [0.2, 0.25) is 0 Å². The van der Waals surface area contributed by atoms with Crippen LogP contribution < -0.4 is 4.90 Å². The van der Waals surface area contributed by atoms with Crippen LogP contribution in [0, 0.1) is 20.8 Å². The summed E-state index contributed by atoms with van der Waals surface area (Å²) in [6.07, 6.45) is 2.63. The van der Waals surface area contributed by atoms with E-state index in [9.17, 15) is 9.59 Å². The van der Waals surface area contributed by atoms with Gasteiger partial charge in [-0.1, -0.05) is 0 Å². The molecule has 2 amide bonds. The van der Waals surface area contributed by atoms with Crippen LogP contribution >= 0.6 is 11.3 Å². The van der Waals surface area contributed by atoms with Crippen molar-refractivity contribution in [3.8, 4) is 0 Å². The number of nitrogens with zero attached hydrogens (tertiary/aromatic N) is 1. The molecule has 15 heavy (non-hydrogen) atoms. The predicted molar refractivity (Wildman–Crippen MR) is 60.2 cm³/mol. The van der Waals surface area contributed by atoms with Crippen LogP contribution in [0.25, 0.3) is 0 Å². The highest BCUT2D eigenvalue weighted by atomic mass is 32.1. The number of carbonyl (C=O) groups excluding carboxylic acids is 2. The minimum atomic E-state index is -0.246. The zero-order valence-corrected chi connectivity index (χ0v) is 9.64. The van der Waals surface area contributed by atoms with Crippen LogP contribution in [0.3, 0.4) is 0 Å². The molecule has 1 aliphatic heterocycles. The molecule has 0 aliphatic carbocycles. The summed E-state index contributed by atoms with van der Waals surface area (Å²) in [4.78, 5) is 26.4. The molecule has 1 aromatic rings. The van der Waals surface area contributed by atoms with E-state index in [4.69, 9.17) is 0 Å². The predicted octanol–water partition coefficient (Wildman–Crippen LogP) is 2.10. The van der Waals surface area contributed by atoms with Crippen molar-refractivity contribution in [3.05, 3.63) is 27.5 Å². The molecule has 78 valence electrons. The molecule has 2 rings (SSSR count). The molecule has 0 N–H and O–H groups in total. The van der Waals surface area contributed by atoms with Gasteiger partial charge in [-0.15, -0.1) is 11.3 Å². The lowest BCUT2D eigenvalue weighted by Gasteiger charge is -2.14. The first-order valence-electron chi connectivity index (χ1n) is 4.65. The first-order valence-corrected chi connectivity index (χ1v) is 5.46. The minimum Gasteiger partial charge on any atom is -0.269 e. The van der Waals surface area contributed by atoms with E-state index < -0.39 is 0 Å². The number of rotatable bonds is 1. The van der Waals surface area contributed by atoms with Gasteiger partial charge in [0.25, 0.3) is 11.8 Å². The molecule has 0 aromatic carbocycles. The van der Waals surface area contributed by atoms with E-state index in [1.54, 1.807) is 11.3 Å². The van der Waals surface area contributed by atoms with Gasteiger partial charge in [-0.25, -0.2) is 4.90 Å². The molecule has 4 heteroatoms. The van der Waals surface area contributed by atoms with Crippen LogP contribution in [0.5, 0.6) is 0 Å². The maximum atomic E-state index is 11.5. The van der Waals surface area contributed by atoms with E-state index in [0.717, 1.165) is 21.0 Å². The van der Waals surface area contributed by atoms with Crippen LogP contribution in [0.1, 0.15) is 15.3 Å². The zero-order chi connectivity index (χ0) is 11.2. The Morgan fingerprint density at radius 3 is 1.93 bits per heavy atom. The Morgan fingerprint density at radius 2 is 1.53 bits per heavy atom. The first kappa shape index (κ1) is 10.1. The van der Waals surface area contributed by atoms with E-state index in [0.29, 0.717) is 0 Å². The molecule has 0 saturated carbocycles. The van der Waals surface area contributed by atoms with Gasteiger partial charge in [-0.2, -0.15) is 0 Å². The lowest BCUT2D eigenvalue weighted by Crippen LogP contribution is -2.30. The number of anilines is 1. The molecular weight excluding hydrogens is 210 g/mol. The normalized spacial score (nSPS) is 15.5. The summed E-state index contributed by atoms with van der Waals surface area (Å²) >= 11 is 1.61. The summed E-state index contributed by atoms with van der Waals surface area (Å²) in [5.74, 6) is -0.493. The second-order valence-electron chi connectivity index (χ2n) is 3.53. The fourth-order valence-electron chi connectivity index (χ4n) is 1.73. The third kappa shape index (κ3) is 1.41. The van der Waals surface area contributed by atoms with Crippen LogP contribution in [0.4, 0.5) is 5.69 Å². The summed E-state index contributed by atoms with van der Waals surface area (Å²) in [5, 5.41) is 0. The second kappa shape index (κ2) is 3.31. The van der Waals surface area contributed by atoms with E-state index in [1.807, 2.05) is 20.8 Å². The highest BCUT2D eigenvalue weighted by molar-refractivity contribution is 7.12. The van der Waals surface area contributed by atoms with E-state index in [2.05, 4.69) is 0 Å². The molecule has 0 spiro atoms. The molecule has 0 radical (unpaired) electrons. The maximum Gasteiger partial charge on any atom is 0.258 e. The van der Waals surface area contributed by atoms with Gasteiger partial charge >= 0.3 is 0 Å². The van der Waals surface area contributed by atoms with Gasteiger partial charge < -0.3 is 0 Å². The summed E-state index contributed by atoms with van der Waals surface area (Å²) < 4.78 is 0. The number of imide groups is 1. The number of hydrogen-bond acceptors (Lipinski definition) is 3. The second-order valence-corrected chi connectivity index (χ2v) is 4.96. The Morgan fingerprint density at radius 1 is 1.00 bits per heavy atom. The van der Waals surface area contributed by atoms with Crippen molar-refractivity contribution in [2.45, 2.75) is 20.8 Å². The van der Waals surface area contributed by atoms with E-state index in [-0.39, 0.29) is 11.8 Å².